The van der Waals surface area contributed by atoms with E-state index in [1.54, 1.807) is 18.2 Å². The number of primary amides is 1. The van der Waals surface area contributed by atoms with Crippen LogP contribution >= 0.6 is 0 Å². The Morgan fingerprint density at radius 3 is 2.76 bits per heavy atom. The van der Waals surface area contributed by atoms with Crippen LogP contribution in [0.1, 0.15) is 25.7 Å². The van der Waals surface area contributed by atoms with Crippen LogP contribution in [0.25, 0.3) is 0 Å². The summed E-state index contributed by atoms with van der Waals surface area (Å²) in [6.45, 7) is 0.794. The monoisotopic (exact) mass is 350 g/mol. The molecule has 1 aromatic rings. The third-order valence-corrected chi connectivity index (χ3v) is 3.95. The lowest BCUT2D eigenvalue weighted by Gasteiger charge is -2.13. The second kappa shape index (κ2) is 8.97. The standard InChI is InChI=1S/C16H22N4O5/c17-16(22)14-8-7-11(25-14)10-19-15(21)6-3-9-18-12-4-1-2-5-13(12)20(23)24/h1-2,4-5,11,14,18H,3,6-10H2,(H2,17,22)(H,19,21)/t11-,14-/m1/s1. The molecule has 0 bridgehead atoms. The van der Waals surface area contributed by atoms with Gasteiger partial charge in [-0.3, -0.25) is 19.7 Å². The number of nitrogens with one attached hydrogen (secondary N) is 2. The van der Waals surface area contributed by atoms with Gasteiger partial charge in [0.05, 0.1) is 11.0 Å². The van der Waals surface area contributed by atoms with E-state index in [2.05, 4.69) is 10.6 Å². The number of para-hydroxylation sites is 2. The number of nitro benzene ring substituents is 1. The Labute approximate surface area is 145 Å². The molecule has 0 aromatic heterocycles. The van der Waals surface area contributed by atoms with Gasteiger partial charge < -0.3 is 21.1 Å². The molecule has 1 heterocycles. The lowest BCUT2D eigenvalue weighted by Crippen LogP contribution is -2.34. The van der Waals surface area contributed by atoms with Crippen LogP contribution in [-0.4, -0.2) is 42.0 Å². The Bertz CT molecular complexity index is 637. The largest absolute Gasteiger partial charge is 0.379 e. The molecule has 136 valence electrons. The van der Waals surface area contributed by atoms with Gasteiger partial charge in [-0.1, -0.05) is 12.1 Å². The van der Waals surface area contributed by atoms with Crippen LogP contribution in [0.2, 0.25) is 0 Å². The highest BCUT2D eigenvalue weighted by atomic mass is 16.6. The van der Waals surface area contributed by atoms with E-state index in [0.717, 1.165) is 0 Å². The minimum atomic E-state index is -0.562. The van der Waals surface area contributed by atoms with E-state index < -0.39 is 16.9 Å². The number of carbonyl (C=O) groups is 2. The molecule has 1 saturated heterocycles. The van der Waals surface area contributed by atoms with E-state index in [4.69, 9.17) is 10.5 Å². The topological polar surface area (TPSA) is 137 Å². The van der Waals surface area contributed by atoms with Gasteiger partial charge in [-0.15, -0.1) is 0 Å². The lowest BCUT2D eigenvalue weighted by molar-refractivity contribution is -0.384. The molecule has 9 heteroatoms. The predicted molar refractivity (Wildman–Crippen MR) is 90.9 cm³/mol. The first-order valence-corrected chi connectivity index (χ1v) is 8.16. The molecule has 1 aliphatic rings. The number of hydrogen-bond donors (Lipinski definition) is 3. The zero-order valence-corrected chi connectivity index (χ0v) is 13.8. The number of hydrogen-bond acceptors (Lipinski definition) is 6. The maximum absolute atomic E-state index is 11.8. The van der Waals surface area contributed by atoms with Gasteiger partial charge in [-0.25, -0.2) is 0 Å². The van der Waals surface area contributed by atoms with Crippen molar-refractivity contribution in [3.63, 3.8) is 0 Å². The van der Waals surface area contributed by atoms with Crippen molar-refractivity contribution in [2.75, 3.05) is 18.4 Å². The van der Waals surface area contributed by atoms with Crippen molar-refractivity contribution in [3.8, 4) is 0 Å². The SMILES string of the molecule is NC(=O)[C@H]1CC[C@H](CNC(=O)CCCNc2ccccc2[N+](=O)[O-])O1. The smallest absolute Gasteiger partial charge is 0.292 e. The number of nitrogens with two attached hydrogens (primary N) is 1. The fourth-order valence-electron chi connectivity index (χ4n) is 2.64. The molecule has 2 atom stereocenters. The fraction of sp³-hybridized carbons (Fsp3) is 0.500. The number of amides is 2. The number of anilines is 1. The van der Waals surface area contributed by atoms with Crippen molar-refractivity contribution >= 4 is 23.2 Å². The molecule has 25 heavy (non-hydrogen) atoms. The molecular weight excluding hydrogens is 328 g/mol. The summed E-state index contributed by atoms with van der Waals surface area (Å²) in [7, 11) is 0. The molecule has 0 spiro atoms. The molecule has 4 N–H and O–H groups in total. The highest BCUT2D eigenvalue weighted by molar-refractivity contribution is 5.79. The minimum absolute atomic E-state index is 0.00865. The van der Waals surface area contributed by atoms with Gasteiger partial charge in [0.25, 0.3) is 5.69 Å². The van der Waals surface area contributed by atoms with E-state index in [1.807, 2.05) is 0 Å². The zero-order valence-electron chi connectivity index (χ0n) is 13.8. The van der Waals surface area contributed by atoms with Crippen LogP contribution in [0.15, 0.2) is 24.3 Å². The second-order valence-electron chi connectivity index (χ2n) is 5.84. The molecule has 9 nitrogen and oxygen atoms in total. The maximum Gasteiger partial charge on any atom is 0.292 e. The number of nitro groups is 1. The van der Waals surface area contributed by atoms with Crippen molar-refractivity contribution in [2.45, 2.75) is 37.9 Å². The molecule has 1 fully saturated rings. The Morgan fingerprint density at radius 1 is 1.32 bits per heavy atom. The Hall–Kier alpha value is -2.68. The zero-order chi connectivity index (χ0) is 18.2. The van der Waals surface area contributed by atoms with Gasteiger partial charge in [0.2, 0.25) is 11.8 Å². The Morgan fingerprint density at radius 2 is 2.08 bits per heavy atom. The summed E-state index contributed by atoms with van der Waals surface area (Å²) in [4.78, 5) is 33.3. The summed E-state index contributed by atoms with van der Waals surface area (Å²) in [5.74, 6) is -0.606. The first-order valence-electron chi connectivity index (χ1n) is 8.16. The molecule has 0 saturated carbocycles. The number of nitrogens with zero attached hydrogens (tertiary/aromatic N) is 1. The van der Waals surface area contributed by atoms with E-state index in [-0.39, 0.29) is 17.7 Å². The predicted octanol–water partition coefficient (Wildman–Crippen LogP) is 0.936. The first kappa shape index (κ1) is 18.7. The Balaban J connectivity index is 1.63. The van der Waals surface area contributed by atoms with Crippen molar-refractivity contribution in [2.24, 2.45) is 5.73 Å². The molecular formula is C16H22N4O5. The summed E-state index contributed by atoms with van der Waals surface area (Å²) in [5.41, 5.74) is 5.62. The van der Waals surface area contributed by atoms with Gasteiger partial charge in [0, 0.05) is 25.6 Å². The third kappa shape index (κ3) is 5.71. The molecule has 0 radical (unpaired) electrons. The van der Waals surface area contributed by atoms with Crippen molar-refractivity contribution in [1.29, 1.82) is 0 Å². The van der Waals surface area contributed by atoms with E-state index in [1.165, 1.54) is 6.07 Å². The van der Waals surface area contributed by atoms with Gasteiger partial charge in [-0.2, -0.15) is 0 Å². The van der Waals surface area contributed by atoms with E-state index in [9.17, 15) is 19.7 Å². The van der Waals surface area contributed by atoms with Crippen LogP contribution in [0.4, 0.5) is 11.4 Å². The van der Waals surface area contributed by atoms with Crippen LogP contribution < -0.4 is 16.4 Å². The summed E-state index contributed by atoms with van der Waals surface area (Å²) in [6, 6.07) is 6.37. The highest BCUT2D eigenvalue weighted by Gasteiger charge is 2.29. The highest BCUT2D eigenvalue weighted by Crippen LogP contribution is 2.23. The summed E-state index contributed by atoms with van der Waals surface area (Å²) >= 11 is 0. The van der Waals surface area contributed by atoms with Crippen LogP contribution in [0.5, 0.6) is 0 Å². The normalized spacial score (nSPS) is 19.4. The minimum Gasteiger partial charge on any atom is -0.379 e. The average Bonchev–Trinajstić information content (AvgIpc) is 3.06. The molecule has 1 aromatic carbocycles. The van der Waals surface area contributed by atoms with Crippen molar-refractivity contribution in [1.82, 2.24) is 5.32 Å². The number of ether oxygens (including phenoxy) is 1. The second-order valence-corrected chi connectivity index (χ2v) is 5.84. The quantitative estimate of drug-likeness (QED) is 0.344. The summed E-state index contributed by atoms with van der Waals surface area (Å²) < 4.78 is 5.43. The van der Waals surface area contributed by atoms with Crippen LogP contribution in [0.3, 0.4) is 0 Å². The lowest BCUT2D eigenvalue weighted by atomic mass is 10.2. The summed E-state index contributed by atoms with van der Waals surface area (Å²) in [6.07, 6.45) is 1.34. The molecule has 0 aliphatic carbocycles. The molecule has 1 aliphatic heterocycles. The maximum atomic E-state index is 11.8. The van der Waals surface area contributed by atoms with Crippen molar-refractivity contribution < 1.29 is 19.2 Å². The number of benzene rings is 1. The van der Waals surface area contributed by atoms with Gasteiger partial charge in [-0.05, 0) is 25.3 Å². The third-order valence-electron chi connectivity index (χ3n) is 3.95. The first-order chi connectivity index (χ1) is 12.0. The molecule has 2 amide bonds. The average molecular weight is 350 g/mol. The fourth-order valence-corrected chi connectivity index (χ4v) is 2.64. The van der Waals surface area contributed by atoms with E-state index in [0.29, 0.717) is 44.5 Å². The van der Waals surface area contributed by atoms with Gasteiger partial charge in [0.1, 0.15) is 11.8 Å². The number of carbonyl (C=O) groups excluding carboxylic acids is 2. The van der Waals surface area contributed by atoms with Crippen LogP contribution in [-0.2, 0) is 14.3 Å². The van der Waals surface area contributed by atoms with Crippen LogP contribution in [0, 0.1) is 10.1 Å². The van der Waals surface area contributed by atoms with Crippen molar-refractivity contribution in [3.05, 3.63) is 34.4 Å². The molecule has 0 unspecified atom stereocenters. The Kier molecular flexibility index (Phi) is 6.70. The van der Waals surface area contributed by atoms with E-state index >= 15 is 0 Å². The van der Waals surface area contributed by atoms with Gasteiger partial charge >= 0.3 is 0 Å². The van der Waals surface area contributed by atoms with Gasteiger partial charge in [0.15, 0.2) is 0 Å². The number of rotatable bonds is 9. The summed E-state index contributed by atoms with van der Waals surface area (Å²) in [5, 5.41) is 16.6. The molecule has 2 rings (SSSR count).